The van der Waals surface area contributed by atoms with Crippen LogP contribution in [0.1, 0.15) is 25.8 Å². The fourth-order valence-corrected chi connectivity index (χ4v) is 3.94. The summed E-state index contributed by atoms with van der Waals surface area (Å²) in [4.78, 5) is 27.7. The monoisotopic (exact) mass is 440 g/mol. The Morgan fingerprint density at radius 1 is 1.09 bits per heavy atom. The number of benzene rings is 2. The van der Waals surface area contributed by atoms with Crippen LogP contribution >= 0.6 is 0 Å². The Morgan fingerprint density at radius 3 is 2.50 bits per heavy atom. The summed E-state index contributed by atoms with van der Waals surface area (Å²) in [7, 11) is 1.62. The van der Waals surface area contributed by atoms with E-state index in [4.69, 9.17) is 14.6 Å². The van der Waals surface area contributed by atoms with E-state index in [0.717, 1.165) is 11.3 Å². The topological polar surface area (TPSA) is 79.3 Å². The van der Waals surface area contributed by atoms with Crippen LogP contribution in [0, 0.1) is 5.92 Å². The van der Waals surface area contributed by atoms with Gasteiger partial charge in [0.1, 0.15) is 6.42 Å². The molecule has 0 spiro atoms. The summed E-state index contributed by atoms with van der Waals surface area (Å²) in [6, 6.07) is 15.7. The zero-order valence-corrected chi connectivity index (χ0v) is 19.0. The lowest BCUT2D eigenvalue weighted by atomic mass is 10.0. The molecular formula is C25H32N2O5. The second-order valence-electron chi connectivity index (χ2n) is 8.49. The summed E-state index contributed by atoms with van der Waals surface area (Å²) >= 11 is 0. The lowest BCUT2D eigenvalue weighted by molar-refractivity contribution is -0.145. The highest BCUT2D eigenvalue weighted by Gasteiger charge is 2.31. The van der Waals surface area contributed by atoms with Crippen LogP contribution in [0.5, 0.6) is 11.5 Å². The summed E-state index contributed by atoms with van der Waals surface area (Å²) < 4.78 is 11.4. The molecule has 1 N–H and O–H groups in total. The molecule has 3 rings (SSSR count). The molecule has 2 aromatic rings. The van der Waals surface area contributed by atoms with Crippen molar-refractivity contribution < 1.29 is 24.2 Å². The molecule has 2 aromatic carbocycles. The van der Waals surface area contributed by atoms with Gasteiger partial charge in [0.05, 0.1) is 19.8 Å². The number of piperazine rings is 1. The number of hydrogen-bond donors (Lipinski definition) is 1. The van der Waals surface area contributed by atoms with Gasteiger partial charge in [-0.05, 0) is 30.0 Å². The summed E-state index contributed by atoms with van der Waals surface area (Å²) in [6.45, 7) is 6.48. The number of carbonyl (C=O) groups excluding carboxylic acids is 1. The predicted molar refractivity (Wildman–Crippen MR) is 123 cm³/mol. The van der Waals surface area contributed by atoms with Crippen LogP contribution in [-0.2, 0) is 16.0 Å². The molecule has 0 unspecified atom stereocenters. The Balaban J connectivity index is 1.82. The molecule has 0 bridgehead atoms. The fraction of sp³-hybridized carbons (Fsp3) is 0.440. The van der Waals surface area contributed by atoms with Crippen molar-refractivity contribution >= 4 is 17.6 Å². The number of carboxylic acid groups (broad SMARTS) is 1. The van der Waals surface area contributed by atoms with Crippen molar-refractivity contribution in [3.8, 4) is 11.5 Å². The highest BCUT2D eigenvalue weighted by Crippen LogP contribution is 2.33. The highest BCUT2D eigenvalue weighted by atomic mass is 16.5. The zero-order chi connectivity index (χ0) is 23.1. The SMILES string of the molecule is COc1ccc(N2CCN(C(=O)CC(=O)O)[C@@H](Cc3ccccc3)C2)cc1OCC(C)C. The van der Waals surface area contributed by atoms with Gasteiger partial charge in [-0.15, -0.1) is 0 Å². The number of anilines is 1. The van der Waals surface area contributed by atoms with Crippen molar-refractivity contribution in [1.29, 1.82) is 0 Å². The van der Waals surface area contributed by atoms with E-state index >= 15 is 0 Å². The second kappa shape index (κ2) is 10.9. The van der Waals surface area contributed by atoms with Crippen LogP contribution < -0.4 is 14.4 Å². The number of hydrogen-bond acceptors (Lipinski definition) is 5. The summed E-state index contributed by atoms with van der Waals surface area (Å²) in [5.74, 6) is 0.336. The second-order valence-corrected chi connectivity index (χ2v) is 8.49. The Morgan fingerprint density at radius 2 is 1.84 bits per heavy atom. The molecule has 7 heteroatoms. The van der Waals surface area contributed by atoms with E-state index in [1.165, 1.54) is 0 Å². The first kappa shape index (κ1) is 23.4. The first-order valence-corrected chi connectivity index (χ1v) is 11.0. The molecule has 7 nitrogen and oxygen atoms in total. The predicted octanol–water partition coefficient (Wildman–Crippen LogP) is 3.46. The molecule has 0 saturated carbocycles. The number of nitrogens with zero attached hydrogens (tertiary/aromatic N) is 2. The average molecular weight is 441 g/mol. The van der Waals surface area contributed by atoms with Gasteiger partial charge < -0.3 is 24.4 Å². The molecule has 0 aliphatic carbocycles. The van der Waals surface area contributed by atoms with Gasteiger partial charge in [0, 0.05) is 31.4 Å². The molecule has 1 saturated heterocycles. The van der Waals surface area contributed by atoms with Gasteiger partial charge >= 0.3 is 5.97 Å². The molecular weight excluding hydrogens is 408 g/mol. The first-order valence-electron chi connectivity index (χ1n) is 11.0. The van der Waals surface area contributed by atoms with Crippen LogP contribution in [0.25, 0.3) is 0 Å². The maximum Gasteiger partial charge on any atom is 0.312 e. The number of amides is 1. The first-order chi connectivity index (χ1) is 15.4. The van der Waals surface area contributed by atoms with Crippen molar-refractivity contribution in [3.63, 3.8) is 0 Å². The van der Waals surface area contributed by atoms with Gasteiger partial charge in [-0.25, -0.2) is 0 Å². The van der Waals surface area contributed by atoms with Crippen LogP contribution in [0.15, 0.2) is 48.5 Å². The van der Waals surface area contributed by atoms with E-state index in [1.807, 2.05) is 48.5 Å². The van der Waals surface area contributed by atoms with Crippen molar-refractivity contribution in [1.82, 2.24) is 4.90 Å². The van der Waals surface area contributed by atoms with Gasteiger partial charge in [0.25, 0.3) is 0 Å². The molecule has 0 aromatic heterocycles. The standard InChI is InChI=1S/C25H32N2O5/c1-18(2)17-32-23-14-20(9-10-22(23)31-3)26-11-12-27(24(28)15-25(29)30)21(16-26)13-19-7-5-4-6-8-19/h4-10,14,18,21H,11-13,15-17H2,1-3H3,(H,29,30)/t21-/m0/s1. The van der Waals surface area contributed by atoms with Crippen molar-refractivity contribution in [2.45, 2.75) is 32.7 Å². The largest absolute Gasteiger partial charge is 0.493 e. The van der Waals surface area contributed by atoms with E-state index < -0.39 is 12.4 Å². The minimum atomic E-state index is -1.10. The molecule has 1 aliphatic rings. The third-order valence-electron chi connectivity index (χ3n) is 5.50. The minimum absolute atomic E-state index is 0.125. The van der Waals surface area contributed by atoms with Gasteiger partial charge in [0.2, 0.25) is 5.91 Å². The maximum atomic E-state index is 12.6. The quantitative estimate of drug-likeness (QED) is 0.602. The number of methoxy groups -OCH3 is 1. The third kappa shape index (κ3) is 6.15. The maximum absolute atomic E-state index is 12.6. The Bertz CT molecular complexity index is 916. The molecule has 1 atom stereocenters. The Kier molecular flexibility index (Phi) is 7.98. The summed E-state index contributed by atoms with van der Waals surface area (Å²) in [5.41, 5.74) is 2.11. The summed E-state index contributed by atoms with van der Waals surface area (Å²) in [5, 5.41) is 9.11. The van der Waals surface area contributed by atoms with Gasteiger partial charge in [-0.1, -0.05) is 44.2 Å². The lowest BCUT2D eigenvalue weighted by Crippen LogP contribution is -2.56. The van der Waals surface area contributed by atoms with Gasteiger partial charge in [-0.3, -0.25) is 9.59 Å². The van der Waals surface area contributed by atoms with E-state index in [9.17, 15) is 9.59 Å². The van der Waals surface area contributed by atoms with E-state index in [2.05, 4.69) is 18.7 Å². The number of ether oxygens (including phenoxy) is 2. The molecule has 1 amide bonds. The highest BCUT2D eigenvalue weighted by molar-refractivity contribution is 5.93. The van der Waals surface area contributed by atoms with Crippen molar-refractivity contribution in [2.75, 3.05) is 38.3 Å². The third-order valence-corrected chi connectivity index (χ3v) is 5.50. The fourth-order valence-electron chi connectivity index (χ4n) is 3.94. The van der Waals surface area contributed by atoms with Crippen LogP contribution in [-0.4, -0.2) is 61.3 Å². The van der Waals surface area contributed by atoms with Crippen LogP contribution in [0.4, 0.5) is 5.69 Å². The minimum Gasteiger partial charge on any atom is -0.493 e. The van der Waals surface area contributed by atoms with Crippen LogP contribution in [0.3, 0.4) is 0 Å². The molecule has 172 valence electrons. The number of carboxylic acids is 1. The molecule has 1 heterocycles. The van der Waals surface area contributed by atoms with E-state index in [1.54, 1.807) is 12.0 Å². The van der Waals surface area contributed by atoms with Gasteiger partial charge in [0.15, 0.2) is 11.5 Å². The van der Waals surface area contributed by atoms with Crippen molar-refractivity contribution in [3.05, 3.63) is 54.1 Å². The number of rotatable bonds is 9. The van der Waals surface area contributed by atoms with Crippen molar-refractivity contribution in [2.24, 2.45) is 5.92 Å². The smallest absolute Gasteiger partial charge is 0.312 e. The lowest BCUT2D eigenvalue weighted by Gasteiger charge is -2.42. The summed E-state index contributed by atoms with van der Waals surface area (Å²) in [6.07, 6.45) is 0.177. The van der Waals surface area contributed by atoms with Crippen LogP contribution in [0.2, 0.25) is 0 Å². The number of carbonyl (C=O) groups is 2. The number of aliphatic carboxylic acids is 1. The Labute approximate surface area is 189 Å². The van der Waals surface area contributed by atoms with E-state index in [0.29, 0.717) is 50.1 Å². The average Bonchev–Trinajstić information content (AvgIpc) is 2.77. The Hall–Kier alpha value is -3.22. The van der Waals surface area contributed by atoms with Gasteiger partial charge in [-0.2, -0.15) is 0 Å². The molecule has 1 fully saturated rings. The molecule has 32 heavy (non-hydrogen) atoms. The zero-order valence-electron chi connectivity index (χ0n) is 19.0. The molecule has 1 aliphatic heterocycles. The normalized spacial score (nSPS) is 16.2. The van der Waals surface area contributed by atoms with E-state index in [-0.39, 0.29) is 11.9 Å². The molecule has 0 radical (unpaired) electrons.